The highest BCUT2D eigenvalue weighted by molar-refractivity contribution is 5.37. The van der Waals surface area contributed by atoms with Gasteiger partial charge in [0.2, 0.25) is 0 Å². The molecule has 1 aliphatic heterocycles. The maximum absolute atomic E-state index is 12.0. The first-order valence-electron chi connectivity index (χ1n) is 7.02. The Hall–Kier alpha value is -1.72. The van der Waals surface area contributed by atoms with E-state index in [1.54, 1.807) is 16.7 Å². The Morgan fingerprint density at radius 1 is 1.50 bits per heavy atom. The summed E-state index contributed by atoms with van der Waals surface area (Å²) in [6.45, 7) is 6.04. The highest BCUT2D eigenvalue weighted by atomic mass is 16.1. The van der Waals surface area contributed by atoms with Gasteiger partial charge in [-0.1, -0.05) is 6.07 Å². The summed E-state index contributed by atoms with van der Waals surface area (Å²) in [4.78, 5) is 16.5. The Morgan fingerprint density at radius 2 is 2.35 bits per heavy atom. The number of fused-ring (bicyclic) bond motifs is 1. The lowest BCUT2D eigenvalue weighted by molar-refractivity contribution is 0.349. The van der Waals surface area contributed by atoms with Crippen LogP contribution in [0.4, 0.5) is 0 Å². The molecular weight excluding hydrogens is 252 g/mol. The maximum atomic E-state index is 12.0. The molecule has 5 nitrogen and oxygen atoms in total. The van der Waals surface area contributed by atoms with Gasteiger partial charge in [-0.25, -0.2) is 4.98 Å². The lowest BCUT2D eigenvalue weighted by Crippen LogP contribution is -2.48. The first kappa shape index (κ1) is 13.3. The number of rotatable bonds is 3. The van der Waals surface area contributed by atoms with Gasteiger partial charge in [-0.15, -0.1) is 0 Å². The first-order valence-corrected chi connectivity index (χ1v) is 7.02. The molecule has 1 unspecified atom stereocenters. The summed E-state index contributed by atoms with van der Waals surface area (Å²) in [5.41, 5.74) is 1.55. The van der Waals surface area contributed by atoms with Crippen molar-refractivity contribution in [2.24, 2.45) is 0 Å². The number of nitrogens with zero attached hydrogens (tertiary/aromatic N) is 2. The van der Waals surface area contributed by atoms with Crippen molar-refractivity contribution in [2.75, 3.05) is 6.54 Å². The smallest absolute Gasteiger partial charge is 0.258 e. The Labute approximate surface area is 118 Å². The van der Waals surface area contributed by atoms with Crippen LogP contribution in [0.15, 0.2) is 35.3 Å². The maximum Gasteiger partial charge on any atom is 0.258 e. The zero-order valence-electron chi connectivity index (χ0n) is 11.9. The molecule has 2 N–H and O–H groups in total. The van der Waals surface area contributed by atoms with Crippen molar-refractivity contribution < 1.29 is 0 Å². The van der Waals surface area contributed by atoms with Crippen molar-refractivity contribution in [3.63, 3.8) is 0 Å². The second-order valence-electron chi connectivity index (χ2n) is 5.89. The largest absolute Gasteiger partial charge is 0.310 e. The monoisotopic (exact) mass is 272 g/mol. The van der Waals surface area contributed by atoms with Crippen LogP contribution in [0.3, 0.4) is 0 Å². The predicted octanol–water partition coefficient (Wildman–Crippen LogP) is 0.925. The number of aromatic nitrogens is 2. The molecule has 3 rings (SSSR count). The van der Waals surface area contributed by atoms with Crippen molar-refractivity contribution in [3.8, 4) is 0 Å². The molecule has 0 aromatic carbocycles. The molecule has 5 heteroatoms. The molecule has 0 bridgehead atoms. The fraction of sp³-hybridized carbons (Fsp3) is 0.467. The summed E-state index contributed by atoms with van der Waals surface area (Å²) < 4.78 is 1.56. The molecule has 2 aromatic heterocycles. The summed E-state index contributed by atoms with van der Waals surface area (Å²) in [5, 5.41) is 6.98. The SMILES string of the molecule is CC1(C)NCCC1NCc1cc(=O)n2ccccc2n1. The molecule has 106 valence electrons. The second-order valence-corrected chi connectivity index (χ2v) is 5.89. The first-order chi connectivity index (χ1) is 9.56. The number of hydrogen-bond acceptors (Lipinski definition) is 4. The predicted molar refractivity (Wildman–Crippen MR) is 78.8 cm³/mol. The quantitative estimate of drug-likeness (QED) is 0.872. The second kappa shape index (κ2) is 5.00. The molecule has 1 atom stereocenters. The molecular formula is C15H20N4O. The van der Waals surface area contributed by atoms with E-state index in [1.807, 2.05) is 18.2 Å². The van der Waals surface area contributed by atoms with E-state index >= 15 is 0 Å². The van der Waals surface area contributed by atoms with Gasteiger partial charge in [0.15, 0.2) is 0 Å². The Morgan fingerprint density at radius 3 is 3.10 bits per heavy atom. The van der Waals surface area contributed by atoms with E-state index in [4.69, 9.17) is 0 Å². The third-order valence-corrected chi connectivity index (χ3v) is 4.04. The van der Waals surface area contributed by atoms with E-state index < -0.39 is 0 Å². The van der Waals surface area contributed by atoms with Crippen molar-refractivity contribution in [1.29, 1.82) is 0 Å². The minimum absolute atomic E-state index is 0.0313. The highest BCUT2D eigenvalue weighted by Crippen LogP contribution is 2.18. The lowest BCUT2D eigenvalue weighted by atomic mass is 9.97. The van der Waals surface area contributed by atoms with E-state index in [9.17, 15) is 4.79 Å². The highest BCUT2D eigenvalue weighted by Gasteiger charge is 2.33. The van der Waals surface area contributed by atoms with Gasteiger partial charge in [0.25, 0.3) is 5.56 Å². The van der Waals surface area contributed by atoms with Crippen LogP contribution in [0.5, 0.6) is 0 Å². The zero-order chi connectivity index (χ0) is 14.2. The molecule has 20 heavy (non-hydrogen) atoms. The van der Waals surface area contributed by atoms with E-state index in [2.05, 4.69) is 29.5 Å². The summed E-state index contributed by atoms with van der Waals surface area (Å²) in [5.74, 6) is 0. The number of hydrogen-bond donors (Lipinski definition) is 2. The van der Waals surface area contributed by atoms with Gasteiger partial charge in [-0.05, 0) is 38.9 Å². The van der Waals surface area contributed by atoms with Gasteiger partial charge in [-0.3, -0.25) is 9.20 Å². The average molecular weight is 272 g/mol. The number of nitrogens with one attached hydrogen (secondary N) is 2. The van der Waals surface area contributed by atoms with E-state index in [-0.39, 0.29) is 11.1 Å². The van der Waals surface area contributed by atoms with Gasteiger partial charge < -0.3 is 10.6 Å². The summed E-state index contributed by atoms with van der Waals surface area (Å²) in [6.07, 6.45) is 2.84. The third-order valence-electron chi connectivity index (χ3n) is 4.04. The lowest BCUT2D eigenvalue weighted by Gasteiger charge is -2.27. The molecule has 2 aromatic rings. The molecule has 1 fully saturated rings. The van der Waals surface area contributed by atoms with Crippen LogP contribution in [0.1, 0.15) is 26.0 Å². The Kier molecular flexibility index (Phi) is 3.31. The minimum Gasteiger partial charge on any atom is -0.310 e. The van der Waals surface area contributed by atoms with Crippen LogP contribution >= 0.6 is 0 Å². The molecule has 0 aliphatic carbocycles. The average Bonchev–Trinajstić information content (AvgIpc) is 2.75. The van der Waals surface area contributed by atoms with Crippen LogP contribution in [-0.4, -0.2) is 27.5 Å². The fourth-order valence-corrected chi connectivity index (χ4v) is 2.80. The summed E-state index contributed by atoms with van der Waals surface area (Å²) >= 11 is 0. The van der Waals surface area contributed by atoms with Gasteiger partial charge in [0.1, 0.15) is 5.65 Å². The molecule has 0 saturated carbocycles. The van der Waals surface area contributed by atoms with Crippen molar-refractivity contribution in [3.05, 3.63) is 46.5 Å². The summed E-state index contributed by atoms with van der Waals surface area (Å²) in [7, 11) is 0. The van der Waals surface area contributed by atoms with Crippen molar-refractivity contribution >= 4 is 5.65 Å². The standard InChI is InChI=1S/C15H20N4O/c1-15(2)12(6-7-17-15)16-10-11-9-14(20)19-8-4-3-5-13(19)18-11/h3-5,8-9,12,16-17H,6-7,10H2,1-2H3. The van der Waals surface area contributed by atoms with E-state index in [0.717, 1.165) is 18.7 Å². The summed E-state index contributed by atoms with van der Waals surface area (Å²) in [6, 6.07) is 7.59. The zero-order valence-corrected chi connectivity index (χ0v) is 11.9. The molecule has 0 radical (unpaired) electrons. The Bertz CT molecular complexity index is 677. The molecule has 1 aliphatic rings. The molecule has 1 saturated heterocycles. The molecule has 0 spiro atoms. The third kappa shape index (κ3) is 2.46. The minimum atomic E-state index is -0.0313. The van der Waals surface area contributed by atoms with Gasteiger partial charge >= 0.3 is 0 Å². The fourth-order valence-electron chi connectivity index (χ4n) is 2.80. The van der Waals surface area contributed by atoms with Gasteiger partial charge in [0, 0.05) is 30.4 Å². The van der Waals surface area contributed by atoms with Crippen LogP contribution in [0.2, 0.25) is 0 Å². The van der Waals surface area contributed by atoms with Gasteiger partial charge in [0.05, 0.1) is 5.69 Å². The molecule has 0 amide bonds. The van der Waals surface area contributed by atoms with Crippen LogP contribution < -0.4 is 16.2 Å². The van der Waals surface area contributed by atoms with E-state index in [0.29, 0.717) is 18.2 Å². The van der Waals surface area contributed by atoms with Crippen molar-refractivity contribution in [2.45, 2.75) is 38.4 Å². The van der Waals surface area contributed by atoms with E-state index in [1.165, 1.54) is 0 Å². The van der Waals surface area contributed by atoms with Crippen molar-refractivity contribution in [1.82, 2.24) is 20.0 Å². The van der Waals surface area contributed by atoms with Crippen LogP contribution in [0.25, 0.3) is 5.65 Å². The topological polar surface area (TPSA) is 58.4 Å². The number of pyridine rings is 1. The Balaban J connectivity index is 1.80. The van der Waals surface area contributed by atoms with Crippen LogP contribution in [0, 0.1) is 0 Å². The molecule has 3 heterocycles. The normalized spacial score (nSPS) is 21.4. The van der Waals surface area contributed by atoms with Gasteiger partial charge in [-0.2, -0.15) is 0 Å². The van der Waals surface area contributed by atoms with Crippen LogP contribution in [-0.2, 0) is 6.54 Å².